The zero-order chi connectivity index (χ0) is 11.4. The second-order valence-electron chi connectivity index (χ2n) is 2.71. The first-order valence-electron chi connectivity index (χ1n) is 4.17. The van der Waals surface area contributed by atoms with Crippen LogP contribution in [0, 0.1) is 17.8 Å². The van der Waals surface area contributed by atoms with Gasteiger partial charge in [0.1, 0.15) is 11.0 Å². The van der Waals surface area contributed by atoms with Crippen LogP contribution in [-0.4, -0.2) is 23.5 Å². The molecule has 0 amide bonds. The number of amidine groups is 1. The molecule has 3 nitrogen and oxygen atoms in total. The Labute approximate surface area is 108 Å². The summed E-state index contributed by atoms with van der Waals surface area (Å²) in [5.74, 6) is 2.78. The first-order valence-corrected chi connectivity index (χ1v) is 5.62. The number of rotatable bonds is 2. The van der Waals surface area contributed by atoms with Crippen LogP contribution < -0.4 is 0 Å². The van der Waals surface area contributed by atoms with Crippen molar-refractivity contribution in [2.45, 2.75) is 6.92 Å². The van der Waals surface area contributed by atoms with E-state index in [1.54, 1.807) is 24.2 Å². The molecule has 5 heteroatoms. The van der Waals surface area contributed by atoms with Crippen LogP contribution in [-0.2, 0) is 0 Å². The van der Waals surface area contributed by atoms with Crippen LogP contribution in [0.15, 0.2) is 25.5 Å². The Kier molecular flexibility index (Phi) is 4.36. The topological polar surface area (TPSA) is 39.5 Å². The lowest BCUT2D eigenvalue weighted by molar-refractivity contribution is 0.642. The first-order chi connectivity index (χ1) is 7.11. The number of hydrogen-bond donors (Lipinski definition) is 1. The molecular formula is C10H9ClIN3. The van der Waals surface area contributed by atoms with Gasteiger partial charge < -0.3 is 4.90 Å². The molecule has 0 radical (unpaired) electrons. The average molecular weight is 334 g/mol. The number of aliphatic imine (C=N–C) groups is 1. The summed E-state index contributed by atoms with van der Waals surface area (Å²) in [6.07, 6.45) is 8.59. The Morgan fingerprint density at radius 1 is 1.87 bits per heavy atom. The fraction of sp³-hybridized carbons (Fsp3) is 0.200. The Morgan fingerprint density at radius 2 is 2.53 bits per heavy atom. The molecule has 1 rings (SSSR count). The fourth-order valence-corrected chi connectivity index (χ4v) is 2.42. The molecule has 15 heavy (non-hydrogen) atoms. The average Bonchev–Trinajstić information content (AvgIpc) is 2.43. The van der Waals surface area contributed by atoms with E-state index in [2.05, 4.69) is 33.5 Å². The maximum atomic E-state index is 7.86. The molecule has 0 spiro atoms. The lowest BCUT2D eigenvalue weighted by Gasteiger charge is -2.11. The Bertz CT molecular complexity index is 415. The van der Waals surface area contributed by atoms with Crippen LogP contribution in [0.1, 0.15) is 6.92 Å². The molecule has 1 heterocycles. The molecule has 1 N–H and O–H groups in total. The van der Waals surface area contributed by atoms with E-state index in [0.29, 0.717) is 23.1 Å². The standard InChI is InChI=1S/C10H9ClIN3/c1-3-5-15-6-7(12)8(10(15)13)9(11)14-4-2/h1,4,6,13H,5H2,2H3/b9-8-,13-10?,14-4?. The molecule has 0 aliphatic carbocycles. The van der Waals surface area contributed by atoms with Gasteiger partial charge in [-0.05, 0) is 29.5 Å². The van der Waals surface area contributed by atoms with Crippen LogP contribution in [0.2, 0.25) is 0 Å². The molecule has 78 valence electrons. The normalized spacial score (nSPS) is 19.5. The van der Waals surface area contributed by atoms with E-state index in [4.69, 9.17) is 23.4 Å². The third kappa shape index (κ3) is 2.61. The van der Waals surface area contributed by atoms with Crippen molar-refractivity contribution in [3.05, 3.63) is 20.5 Å². The third-order valence-corrected chi connectivity index (χ3v) is 2.85. The molecule has 0 unspecified atom stereocenters. The van der Waals surface area contributed by atoms with Crippen LogP contribution >= 0.6 is 34.2 Å². The maximum Gasteiger partial charge on any atom is 0.140 e. The number of terminal acetylenes is 1. The van der Waals surface area contributed by atoms with E-state index in [1.165, 1.54) is 0 Å². The van der Waals surface area contributed by atoms with Gasteiger partial charge in [-0.3, -0.25) is 5.41 Å². The van der Waals surface area contributed by atoms with Gasteiger partial charge >= 0.3 is 0 Å². The van der Waals surface area contributed by atoms with Crippen molar-refractivity contribution < 1.29 is 0 Å². The summed E-state index contributed by atoms with van der Waals surface area (Å²) in [5, 5.41) is 8.18. The van der Waals surface area contributed by atoms with Crippen molar-refractivity contribution in [2.75, 3.05) is 6.54 Å². The highest BCUT2D eigenvalue weighted by Crippen LogP contribution is 2.32. The lowest BCUT2D eigenvalue weighted by atomic mass is 10.3. The number of nitrogens with one attached hydrogen (secondary N) is 1. The predicted molar refractivity (Wildman–Crippen MR) is 72.4 cm³/mol. The molecule has 1 aliphatic heterocycles. The van der Waals surface area contributed by atoms with E-state index in [0.717, 1.165) is 3.58 Å². The van der Waals surface area contributed by atoms with Crippen molar-refractivity contribution in [1.82, 2.24) is 4.90 Å². The van der Waals surface area contributed by atoms with Gasteiger partial charge in [-0.2, -0.15) is 0 Å². The van der Waals surface area contributed by atoms with E-state index < -0.39 is 0 Å². The largest absolute Gasteiger partial charge is 0.320 e. The SMILES string of the molecule is C#CCN1C=C(I)/C(=C(\Cl)N=CC)C1=N. The van der Waals surface area contributed by atoms with Crippen molar-refractivity contribution in [2.24, 2.45) is 4.99 Å². The van der Waals surface area contributed by atoms with Crippen LogP contribution in [0.5, 0.6) is 0 Å². The molecule has 0 aromatic rings. The second-order valence-corrected chi connectivity index (χ2v) is 4.23. The van der Waals surface area contributed by atoms with Crippen molar-refractivity contribution in [3.63, 3.8) is 0 Å². The van der Waals surface area contributed by atoms with Gasteiger partial charge in [-0.15, -0.1) is 6.42 Å². The van der Waals surface area contributed by atoms with Gasteiger partial charge in [-0.1, -0.05) is 17.5 Å². The van der Waals surface area contributed by atoms with Crippen molar-refractivity contribution in [1.29, 1.82) is 5.41 Å². The van der Waals surface area contributed by atoms with Crippen molar-refractivity contribution >= 4 is 46.2 Å². The molecule has 0 saturated carbocycles. The van der Waals surface area contributed by atoms with Gasteiger partial charge in [0.2, 0.25) is 0 Å². The molecule has 0 fully saturated rings. The number of nitrogens with zero attached hydrogens (tertiary/aromatic N) is 2. The van der Waals surface area contributed by atoms with Crippen LogP contribution in [0.25, 0.3) is 0 Å². The van der Waals surface area contributed by atoms with Crippen molar-refractivity contribution in [3.8, 4) is 12.3 Å². The molecule has 0 aromatic heterocycles. The first kappa shape index (κ1) is 12.3. The highest BCUT2D eigenvalue weighted by Gasteiger charge is 2.25. The Hall–Kier alpha value is -0.800. The van der Waals surface area contributed by atoms with Gasteiger partial charge in [-0.25, -0.2) is 4.99 Å². The lowest BCUT2D eigenvalue weighted by Crippen LogP contribution is -2.21. The van der Waals surface area contributed by atoms with Crippen LogP contribution in [0.4, 0.5) is 0 Å². The number of halogens is 2. The third-order valence-electron chi connectivity index (χ3n) is 1.74. The molecule has 1 aliphatic rings. The highest BCUT2D eigenvalue weighted by molar-refractivity contribution is 14.1. The second kappa shape index (κ2) is 5.33. The summed E-state index contributed by atoms with van der Waals surface area (Å²) in [4.78, 5) is 5.61. The Morgan fingerprint density at radius 3 is 3.07 bits per heavy atom. The van der Waals surface area contributed by atoms with Gasteiger partial charge in [0.25, 0.3) is 0 Å². The quantitative estimate of drug-likeness (QED) is 0.359. The van der Waals surface area contributed by atoms with E-state index in [-0.39, 0.29) is 0 Å². The Balaban J connectivity index is 3.07. The number of hydrogen-bond acceptors (Lipinski definition) is 2. The minimum atomic E-state index is 0.299. The van der Waals surface area contributed by atoms with Gasteiger partial charge in [0.05, 0.1) is 12.1 Å². The summed E-state index contributed by atoms with van der Waals surface area (Å²) in [6.45, 7) is 2.14. The summed E-state index contributed by atoms with van der Waals surface area (Å²) in [7, 11) is 0. The summed E-state index contributed by atoms with van der Waals surface area (Å²) >= 11 is 8.07. The minimum absolute atomic E-state index is 0.299. The molecule has 0 aromatic carbocycles. The molecule has 0 saturated heterocycles. The van der Waals surface area contributed by atoms with Crippen LogP contribution in [0.3, 0.4) is 0 Å². The molecule has 0 bridgehead atoms. The summed E-state index contributed by atoms with van der Waals surface area (Å²) in [6, 6.07) is 0. The monoisotopic (exact) mass is 333 g/mol. The van der Waals surface area contributed by atoms with E-state index >= 15 is 0 Å². The van der Waals surface area contributed by atoms with E-state index in [9.17, 15) is 0 Å². The van der Waals surface area contributed by atoms with Gasteiger partial charge in [0.15, 0.2) is 0 Å². The predicted octanol–water partition coefficient (Wildman–Crippen LogP) is 2.73. The summed E-state index contributed by atoms with van der Waals surface area (Å²) < 4.78 is 0.878. The zero-order valence-electron chi connectivity index (χ0n) is 8.09. The zero-order valence-corrected chi connectivity index (χ0v) is 11.0. The minimum Gasteiger partial charge on any atom is -0.320 e. The highest BCUT2D eigenvalue weighted by atomic mass is 127. The van der Waals surface area contributed by atoms with Gasteiger partial charge in [0, 0.05) is 16.0 Å². The molecule has 0 atom stereocenters. The van der Waals surface area contributed by atoms with E-state index in [1.807, 2.05) is 0 Å². The summed E-state index contributed by atoms with van der Waals surface area (Å²) in [5.41, 5.74) is 0.630. The fourth-order valence-electron chi connectivity index (χ4n) is 1.12. The maximum absolute atomic E-state index is 7.86. The molecular weight excluding hydrogens is 324 g/mol. The smallest absolute Gasteiger partial charge is 0.140 e.